The zero-order valence-electron chi connectivity index (χ0n) is 19.8. The van der Waals surface area contributed by atoms with Crippen LogP contribution in [0.4, 0.5) is 5.69 Å². The van der Waals surface area contributed by atoms with Crippen LogP contribution in [0.25, 0.3) is 0 Å². The third kappa shape index (κ3) is 7.60. The zero-order chi connectivity index (χ0) is 24.3. The van der Waals surface area contributed by atoms with E-state index in [0.717, 1.165) is 39.1 Å². The van der Waals surface area contributed by atoms with Gasteiger partial charge in [-0.25, -0.2) is 0 Å². The molecule has 1 amide bonds. The first-order valence-corrected chi connectivity index (χ1v) is 12.9. The number of hydrogen-bond acceptors (Lipinski definition) is 4. The van der Waals surface area contributed by atoms with E-state index in [1.54, 1.807) is 12.1 Å². The van der Waals surface area contributed by atoms with Crippen molar-refractivity contribution in [3.05, 3.63) is 95.1 Å². The van der Waals surface area contributed by atoms with Crippen molar-refractivity contribution in [1.82, 2.24) is 10.2 Å². The summed E-state index contributed by atoms with van der Waals surface area (Å²) >= 11 is -2.36. The Morgan fingerprint density at radius 2 is 1.59 bits per heavy atom. The van der Waals surface area contributed by atoms with Crippen molar-refractivity contribution in [3.8, 4) is 0 Å². The van der Waals surface area contributed by atoms with Crippen molar-refractivity contribution in [1.29, 1.82) is 0 Å². The fourth-order valence-electron chi connectivity index (χ4n) is 3.83. The molecule has 0 radical (unpaired) electrons. The van der Waals surface area contributed by atoms with Gasteiger partial charge < -0.3 is 10.6 Å². The van der Waals surface area contributed by atoms with Crippen molar-refractivity contribution < 1.29 is 13.6 Å². The molecular formula is C27H34N3O3S+. The average Bonchev–Trinajstić information content (AvgIpc) is 2.85. The summed E-state index contributed by atoms with van der Waals surface area (Å²) in [6, 6.07) is 22.6. The standard InChI is InChI=1S/C23H22N2O3S.C4H11N/c26-23(24-21-9-11-22(12-10-21)29(27)28)19-7-5-17(6-8-19)15-25-14-13-18-3-1-2-4-20(18)16-25;1-3-5-4-2/h1-12H,13-16H2,(H,24,26)(H,27,28);5H,3-4H2,1-2H3/p+1. The Kier molecular flexibility index (Phi) is 9.97. The molecule has 0 aromatic heterocycles. The minimum atomic E-state index is -2.36. The first-order valence-electron chi connectivity index (χ1n) is 11.7. The van der Waals surface area contributed by atoms with E-state index in [9.17, 15) is 9.00 Å². The van der Waals surface area contributed by atoms with Gasteiger partial charge in [0, 0.05) is 30.9 Å². The fourth-order valence-corrected chi connectivity index (χ4v) is 4.24. The van der Waals surface area contributed by atoms with Crippen LogP contribution in [0.2, 0.25) is 0 Å². The van der Waals surface area contributed by atoms with E-state index >= 15 is 0 Å². The van der Waals surface area contributed by atoms with E-state index in [2.05, 4.69) is 53.6 Å². The molecule has 1 heterocycles. The van der Waals surface area contributed by atoms with Crippen LogP contribution in [0.5, 0.6) is 0 Å². The number of amides is 1. The summed E-state index contributed by atoms with van der Waals surface area (Å²) in [4.78, 5) is 15.2. The van der Waals surface area contributed by atoms with Crippen LogP contribution in [0, 0.1) is 0 Å². The lowest BCUT2D eigenvalue weighted by Crippen LogP contribution is -2.29. The quantitative estimate of drug-likeness (QED) is 0.339. The van der Waals surface area contributed by atoms with Gasteiger partial charge in [0.1, 0.15) is 0 Å². The van der Waals surface area contributed by atoms with E-state index in [0.29, 0.717) is 16.1 Å². The average molecular weight is 481 g/mol. The predicted molar refractivity (Wildman–Crippen MR) is 140 cm³/mol. The van der Waals surface area contributed by atoms with Gasteiger partial charge >= 0.3 is 0 Å². The smallest absolute Gasteiger partial charge is 0.255 e. The van der Waals surface area contributed by atoms with Crippen LogP contribution >= 0.6 is 0 Å². The van der Waals surface area contributed by atoms with Crippen LogP contribution in [-0.4, -0.2) is 35.0 Å². The number of benzene rings is 3. The Labute approximate surface area is 204 Å². The highest BCUT2D eigenvalue weighted by Crippen LogP contribution is 2.20. The Morgan fingerprint density at radius 1 is 0.941 bits per heavy atom. The second-order valence-electron chi connectivity index (χ2n) is 8.16. The summed E-state index contributed by atoms with van der Waals surface area (Å²) < 4.78 is 20.1. The maximum atomic E-state index is 12.4. The van der Waals surface area contributed by atoms with Crippen molar-refractivity contribution >= 4 is 22.7 Å². The van der Waals surface area contributed by atoms with Gasteiger partial charge in [0.15, 0.2) is 4.90 Å². The highest BCUT2D eigenvalue weighted by Gasteiger charge is 2.16. The van der Waals surface area contributed by atoms with Crippen LogP contribution in [0.3, 0.4) is 0 Å². The number of carbonyl (C=O) groups excluding carboxylic acids is 1. The van der Waals surface area contributed by atoms with Crippen LogP contribution in [0.1, 0.15) is 40.9 Å². The molecule has 1 aliphatic rings. The van der Waals surface area contributed by atoms with Crippen LogP contribution in [-0.2, 0) is 34.8 Å². The fraction of sp³-hybridized carbons (Fsp3) is 0.296. The van der Waals surface area contributed by atoms with Crippen LogP contribution in [0.15, 0.2) is 77.7 Å². The molecule has 6 nitrogen and oxygen atoms in total. The van der Waals surface area contributed by atoms with Crippen molar-refractivity contribution in [3.63, 3.8) is 0 Å². The number of fused-ring (bicyclic) bond motifs is 1. The Bertz CT molecular complexity index is 1080. The van der Waals surface area contributed by atoms with Crippen molar-refractivity contribution in [2.24, 2.45) is 0 Å². The van der Waals surface area contributed by atoms with Gasteiger partial charge in [-0.05, 0) is 72.6 Å². The van der Waals surface area contributed by atoms with Crippen LogP contribution < -0.4 is 10.6 Å². The number of hydrogen-bond donors (Lipinski definition) is 3. The molecule has 1 aliphatic heterocycles. The molecule has 0 bridgehead atoms. The van der Waals surface area contributed by atoms with Gasteiger partial charge in [-0.15, -0.1) is 0 Å². The summed E-state index contributed by atoms with van der Waals surface area (Å²) in [6.07, 6.45) is 1.07. The second-order valence-corrected chi connectivity index (χ2v) is 9.22. The molecule has 0 fully saturated rings. The molecule has 3 N–H and O–H groups in total. The molecule has 34 heavy (non-hydrogen) atoms. The molecule has 4 rings (SSSR count). The summed E-state index contributed by atoms with van der Waals surface area (Å²) in [7, 11) is 0. The molecular weight excluding hydrogens is 446 g/mol. The van der Waals surface area contributed by atoms with Crippen molar-refractivity contribution in [2.45, 2.75) is 38.3 Å². The minimum absolute atomic E-state index is 0.204. The lowest BCUT2D eigenvalue weighted by molar-refractivity contribution is 0.102. The predicted octanol–water partition coefficient (Wildman–Crippen LogP) is 4.64. The van der Waals surface area contributed by atoms with Gasteiger partial charge in [-0.3, -0.25) is 9.69 Å². The third-order valence-electron chi connectivity index (χ3n) is 5.68. The molecule has 0 aliphatic carbocycles. The molecule has 1 atom stereocenters. The van der Waals surface area contributed by atoms with Gasteiger partial charge in [-0.2, -0.15) is 4.55 Å². The Morgan fingerprint density at radius 3 is 2.18 bits per heavy atom. The van der Waals surface area contributed by atoms with Gasteiger partial charge in [-0.1, -0.05) is 54.5 Å². The molecule has 0 spiro atoms. The number of thiol groups is 1. The topological polar surface area (TPSA) is 81.7 Å². The first-order chi connectivity index (χ1) is 16.5. The lowest BCUT2D eigenvalue weighted by Gasteiger charge is -2.28. The maximum absolute atomic E-state index is 12.4. The maximum Gasteiger partial charge on any atom is 0.255 e. The monoisotopic (exact) mass is 480 g/mol. The molecule has 1 unspecified atom stereocenters. The van der Waals surface area contributed by atoms with E-state index in [1.165, 1.54) is 28.8 Å². The number of rotatable bonds is 7. The summed E-state index contributed by atoms with van der Waals surface area (Å²) in [5.74, 6) is -0.204. The third-order valence-corrected chi connectivity index (χ3v) is 6.42. The second kappa shape index (κ2) is 13.2. The van der Waals surface area contributed by atoms with Gasteiger partial charge in [0.05, 0.1) is 0 Å². The van der Waals surface area contributed by atoms with Crippen molar-refractivity contribution in [2.75, 3.05) is 25.0 Å². The molecule has 3 aromatic rings. The first kappa shape index (κ1) is 25.8. The molecule has 180 valence electrons. The largest absolute Gasteiger partial charge is 0.322 e. The highest BCUT2D eigenvalue weighted by molar-refractivity contribution is 7.79. The molecule has 0 saturated carbocycles. The molecule has 3 aromatic carbocycles. The molecule has 7 heteroatoms. The minimum Gasteiger partial charge on any atom is -0.322 e. The Hall–Kier alpha value is -2.84. The lowest BCUT2D eigenvalue weighted by atomic mass is 9.99. The summed E-state index contributed by atoms with van der Waals surface area (Å²) in [5.41, 5.74) is 5.18. The normalized spacial score (nSPS) is 13.9. The number of carbonyl (C=O) groups is 1. The zero-order valence-corrected chi connectivity index (χ0v) is 20.7. The number of nitrogens with zero attached hydrogens (tertiary/aromatic N) is 1. The SMILES string of the molecule is CCNCC.O=C(Nc1ccc([SH+](=O)O)cc1)c1ccc(CN2CCc3ccccc3C2)cc1. The Balaban J connectivity index is 0.000000588. The van der Waals surface area contributed by atoms with E-state index in [1.807, 2.05) is 24.3 Å². The van der Waals surface area contributed by atoms with E-state index in [4.69, 9.17) is 4.55 Å². The van der Waals surface area contributed by atoms with E-state index in [-0.39, 0.29) is 5.91 Å². The van der Waals surface area contributed by atoms with E-state index < -0.39 is 11.1 Å². The summed E-state index contributed by atoms with van der Waals surface area (Å²) in [5, 5.41) is 5.92. The number of nitrogens with one attached hydrogen (secondary N) is 2. The molecule has 0 saturated heterocycles. The van der Waals surface area contributed by atoms with Gasteiger partial charge in [0.2, 0.25) is 11.1 Å². The van der Waals surface area contributed by atoms with Gasteiger partial charge in [0.25, 0.3) is 5.91 Å². The summed E-state index contributed by atoms with van der Waals surface area (Å²) in [6.45, 7) is 9.24. The highest BCUT2D eigenvalue weighted by atomic mass is 32.2. The number of anilines is 1.